The lowest BCUT2D eigenvalue weighted by Crippen LogP contribution is -1.80. The second-order valence-electron chi connectivity index (χ2n) is 2.59. The van der Waals surface area contributed by atoms with Crippen molar-refractivity contribution in [2.75, 3.05) is 0 Å². The lowest BCUT2D eigenvalue weighted by atomic mass is 10.6. The molecule has 0 aromatic carbocycles. The van der Waals surface area contributed by atoms with Gasteiger partial charge in [0.05, 0.1) is 0 Å². The molecule has 0 N–H and O–H groups in total. The fourth-order valence-electron chi connectivity index (χ4n) is 0.134. The predicted molar refractivity (Wildman–Crippen MR) is 53.4 cm³/mol. The highest BCUT2D eigenvalue weighted by atomic mass is 35.5. The molecule has 0 spiro atoms. The van der Waals surface area contributed by atoms with Crippen LogP contribution in [0.3, 0.4) is 0 Å². The molecule has 0 radical (unpaired) electrons. The highest BCUT2D eigenvalue weighted by molar-refractivity contribution is 6.94. The minimum Gasteiger partial charge on any atom is -0.346 e. The summed E-state index contributed by atoms with van der Waals surface area (Å²) in [5, 5.41) is 0. The van der Waals surface area contributed by atoms with Crippen LogP contribution in [-0.4, -0.2) is 38.5 Å². The Hall–Kier alpha value is 2.11. The molecule has 0 aromatic heterocycles. The normalized spacial score (nSPS) is 7.40. The van der Waals surface area contributed by atoms with Gasteiger partial charge in [-0.05, 0) is 0 Å². The lowest BCUT2D eigenvalue weighted by Gasteiger charge is -1.85. The van der Waals surface area contributed by atoms with Gasteiger partial charge in [-0.1, -0.05) is 27.2 Å². The second-order valence-corrected chi connectivity index (χ2v) is 7.68. The summed E-state index contributed by atoms with van der Waals surface area (Å²) in [5.74, 6) is 0. The van der Waals surface area contributed by atoms with Gasteiger partial charge in [0.1, 0.15) is 0 Å². The fourth-order valence-corrected chi connectivity index (χ4v) is 1.20. The highest BCUT2D eigenvalue weighted by Gasteiger charge is 1.92. The van der Waals surface area contributed by atoms with E-state index in [1.807, 2.05) is 0 Å². The van der Waals surface area contributed by atoms with E-state index in [2.05, 4.69) is 20.8 Å². The van der Waals surface area contributed by atoms with Crippen molar-refractivity contribution in [3.05, 3.63) is 0 Å². The van der Waals surface area contributed by atoms with E-state index in [-0.39, 0.29) is 38.5 Å². The minimum atomic E-state index is -0.179. The summed E-state index contributed by atoms with van der Waals surface area (Å²) in [7, 11) is 10.9. The van der Waals surface area contributed by atoms with Crippen LogP contribution in [-0.2, 0) is 0 Å². The number of halogens is 2. The third kappa shape index (κ3) is 22.5. The van der Waals surface area contributed by atoms with Crippen LogP contribution in [0.15, 0.2) is 0 Å². The average Bonchev–Trinajstić information content (AvgIpc) is 1.91. The molecule has 0 saturated heterocycles. The smallest absolute Gasteiger partial charge is 0.346 e. The van der Waals surface area contributed by atoms with E-state index in [0.29, 0.717) is 0 Å². The Morgan fingerprint density at radius 2 is 1.70 bits per heavy atom. The molecule has 56 valence electrons. The van der Waals surface area contributed by atoms with E-state index in [4.69, 9.17) is 18.1 Å². The van der Waals surface area contributed by atoms with Gasteiger partial charge in [-0.15, -0.1) is 8.60 Å². The summed E-state index contributed by atoms with van der Waals surface area (Å²) in [6, 6.07) is 0. The van der Waals surface area contributed by atoms with Gasteiger partial charge in [0.2, 0.25) is 0 Å². The van der Waals surface area contributed by atoms with E-state index in [9.17, 15) is 0 Å². The standard InChI is InChI=1S/2C3H7.2ClH.2Mg/c2*1-3-2;;;;/h3H,1-2H3;1,3H2,2H3;2*1H;;/q;;;;2*+1/p-2. The van der Waals surface area contributed by atoms with Crippen molar-refractivity contribution in [1.82, 2.24) is 0 Å². The monoisotopic (exact) mass is 204 g/mol. The molecule has 0 aliphatic rings. The summed E-state index contributed by atoms with van der Waals surface area (Å²) in [4.78, 5) is 0. The van der Waals surface area contributed by atoms with Crippen LogP contribution in [0.1, 0.15) is 27.2 Å². The molecular formula is C6H14Cl2Mg2. The average molecular weight is 206 g/mol. The first-order chi connectivity index (χ1) is 4.68. The molecule has 0 heterocycles. The predicted octanol–water partition coefficient (Wildman–Crippen LogP) is 3.35. The Kier molecular flexibility index (Phi) is 20.0. The number of hydrogen-bond acceptors (Lipinski definition) is 0. The van der Waals surface area contributed by atoms with Crippen molar-refractivity contribution in [3.8, 4) is 0 Å². The molecule has 0 fully saturated rings. The molecule has 0 saturated carbocycles. The molecule has 0 bridgehead atoms. The first-order valence-electron chi connectivity index (χ1n) is 3.80. The second kappa shape index (κ2) is 13.7. The van der Waals surface area contributed by atoms with E-state index in [1.165, 1.54) is 11.0 Å². The Labute approximate surface area is 91.4 Å². The van der Waals surface area contributed by atoms with E-state index in [1.54, 1.807) is 0 Å². The van der Waals surface area contributed by atoms with Crippen LogP contribution < -0.4 is 0 Å². The molecule has 0 nitrogen and oxygen atoms in total. The largest absolute Gasteiger partial charge is 0.503 e. The zero-order valence-electron chi connectivity index (χ0n) is 7.16. The van der Waals surface area contributed by atoms with Gasteiger partial charge in [-0.2, -0.15) is 0 Å². The van der Waals surface area contributed by atoms with Gasteiger partial charge >= 0.3 is 38.5 Å². The molecule has 4 heteroatoms. The molecule has 0 unspecified atom stereocenters. The zero-order valence-corrected chi connectivity index (χ0v) is 11.5. The van der Waals surface area contributed by atoms with Crippen molar-refractivity contribution in [3.63, 3.8) is 0 Å². The van der Waals surface area contributed by atoms with Crippen molar-refractivity contribution >= 4 is 56.7 Å². The molecular weight excluding hydrogens is 192 g/mol. The summed E-state index contributed by atoms with van der Waals surface area (Å²) < 4.78 is 2.08. The van der Waals surface area contributed by atoms with Crippen LogP contribution in [0.25, 0.3) is 0 Å². The van der Waals surface area contributed by atoms with Crippen LogP contribution in [0.4, 0.5) is 0 Å². The van der Waals surface area contributed by atoms with Gasteiger partial charge in [-0.25, -0.2) is 0 Å². The quantitative estimate of drug-likeness (QED) is 0.620. The maximum absolute atomic E-state index is 5.48. The first kappa shape index (κ1) is 14.6. The van der Waals surface area contributed by atoms with Crippen LogP contribution in [0.2, 0.25) is 8.60 Å². The topological polar surface area (TPSA) is 0 Å². The maximum Gasteiger partial charge on any atom is 0.503 e. The van der Waals surface area contributed by atoms with E-state index >= 15 is 0 Å². The molecule has 10 heavy (non-hydrogen) atoms. The van der Waals surface area contributed by atoms with Crippen molar-refractivity contribution < 1.29 is 0 Å². The molecule has 0 aliphatic heterocycles. The molecule has 0 rings (SSSR count). The lowest BCUT2D eigenvalue weighted by molar-refractivity contribution is 1.07. The SMILES string of the molecule is CC[CH2][Mg][Cl].C[CH](C)[Mg][Cl]. The Morgan fingerprint density at radius 3 is 1.70 bits per heavy atom. The molecule has 0 amide bonds. The zero-order chi connectivity index (χ0) is 8.41. The van der Waals surface area contributed by atoms with Crippen molar-refractivity contribution in [1.29, 1.82) is 0 Å². The van der Waals surface area contributed by atoms with Gasteiger partial charge < -0.3 is 18.1 Å². The Morgan fingerprint density at radius 1 is 1.30 bits per heavy atom. The van der Waals surface area contributed by atoms with Crippen LogP contribution >= 0.6 is 18.1 Å². The maximum atomic E-state index is 5.48. The van der Waals surface area contributed by atoms with Gasteiger partial charge in [0.15, 0.2) is 0 Å². The Bertz CT molecular complexity index is 49.0. The van der Waals surface area contributed by atoms with E-state index < -0.39 is 0 Å². The minimum absolute atomic E-state index is 0.114. The van der Waals surface area contributed by atoms with Gasteiger partial charge in [0.25, 0.3) is 0 Å². The van der Waals surface area contributed by atoms with E-state index in [0.717, 1.165) is 4.05 Å². The fraction of sp³-hybridized carbons (Fsp3) is 1.00. The van der Waals surface area contributed by atoms with Crippen LogP contribution in [0.5, 0.6) is 0 Å². The highest BCUT2D eigenvalue weighted by Crippen LogP contribution is 1.96. The molecule has 0 aliphatic carbocycles. The first-order valence-corrected chi connectivity index (χ1v) is 9.90. The third-order valence-corrected chi connectivity index (χ3v) is 5.04. The summed E-state index contributed by atoms with van der Waals surface area (Å²) in [6.07, 6.45) is 1.27. The van der Waals surface area contributed by atoms with Crippen molar-refractivity contribution in [2.45, 2.75) is 35.8 Å². The van der Waals surface area contributed by atoms with Crippen molar-refractivity contribution in [2.24, 2.45) is 0 Å². The Balaban J connectivity index is 0. The molecule has 0 aromatic rings. The van der Waals surface area contributed by atoms with Gasteiger partial charge in [0, 0.05) is 0 Å². The number of hydrogen-bond donors (Lipinski definition) is 0. The van der Waals surface area contributed by atoms with Crippen LogP contribution in [0, 0.1) is 0 Å². The molecule has 0 atom stereocenters. The summed E-state index contributed by atoms with van der Waals surface area (Å²) >= 11 is -0.293. The summed E-state index contributed by atoms with van der Waals surface area (Å²) in [5.41, 5.74) is 0. The third-order valence-electron chi connectivity index (χ3n) is 0.796. The summed E-state index contributed by atoms with van der Waals surface area (Å²) in [6.45, 7) is 6.47. The number of rotatable bonds is 3. The van der Waals surface area contributed by atoms with Gasteiger partial charge in [-0.3, -0.25) is 0 Å².